The van der Waals surface area contributed by atoms with Crippen LogP contribution in [0.25, 0.3) is 0 Å². The molecule has 0 radical (unpaired) electrons. The van der Waals surface area contributed by atoms with Crippen molar-refractivity contribution >= 4 is 29.6 Å². The lowest BCUT2D eigenvalue weighted by Crippen LogP contribution is -2.22. The molecule has 0 aromatic heterocycles. The fraction of sp³-hybridized carbons (Fsp3) is 0.538. The van der Waals surface area contributed by atoms with E-state index < -0.39 is 24.1 Å². The van der Waals surface area contributed by atoms with Gasteiger partial charge < -0.3 is 4.74 Å². The van der Waals surface area contributed by atoms with Crippen LogP contribution in [0.1, 0.15) is 25.0 Å². The van der Waals surface area contributed by atoms with Gasteiger partial charge >= 0.3 is 0 Å². The van der Waals surface area contributed by atoms with Crippen molar-refractivity contribution in [2.75, 3.05) is 12.4 Å². The predicted octanol–water partition coefficient (Wildman–Crippen LogP) is 2.43. The van der Waals surface area contributed by atoms with Crippen molar-refractivity contribution in [1.82, 2.24) is 0 Å². The highest BCUT2D eigenvalue weighted by molar-refractivity contribution is 8.13. The van der Waals surface area contributed by atoms with Crippen LogP contribution in [0, 0.1) is 13.8 Å². The van der Waals surface area contributed by atoms with Crippen LogP contribution in [0.5, 0.6) is 5.75 Å². The molecule has 0 spiro atoms. The zero-order valence-electron chi connectivity index (χ0n) is 12.4. The first-order valence-electron chi connectivity index (χ1n) is 6.35. The normalized spacial score (nSPS) is 12.7. The fourth-order valence-corrected chi connectivity index (χ4v) is 3.46. The van der Waals surface area contributed by atoms with Gasteiger partial charge in [0.25, 0.3) is 9.05 Å². The standard InChI is InChI=1S/C13H19ClO5S2/c1-9(2)20(15,16)6-5-19-13-10(3)7-12(8-11(13)4)21(14,17)18/h7-9H,5-6H2,1-4H3. The van der Waals surface area contributed by atoms with Crippen LogP contribution >= 0.6 is 10.7 Å². The maximum absolute atomic E-state index is 11.7. The van der Waals surface area contributed by atoms with Crippen LogP contribution in [-0.2, 0) is 18.9 Å². The van der Waals surface area contributed by atoms with Gasteiger partial charge in [-0.15, -0.1) is 0 Å². The van der Waals surface area contributed by atoms with E-state index >= 15 is 0 Å². The summed E-state index contributed by atoms with van der Waals surface area (Å²) >= 11 is 0. The van der Waals surface area contributed by atoms with E-state index in [1.807, 2.05) is 0 Å². The summed E-state index contributed by atoms with van der Waals surface area (Å²) in [5, 5.41) is -0.452. The van der Waals surface area contributed by atoms with Gasteiger partial charge in [0, 0.05) is 10.7 Å². The Morgan fingerprint density at radius 2 is 1.57 bits per heavy atom. The number of hydrogen-bond donors (Lipinski definition) is 0. The Labute approximate surface area is 130 Å². The highest BCUT2D eigenvalue weighted by Gasteiger charge is 2.18. The number of rotatable bonds is 6. The lowest BCUT2D eigenvalue weighted by Gasteiger charge is -2.14. The molecular weight excluding hydrogens is 336 g/mol. The van der Waals surface area contributed by atoms with Crippen LogP contribution in [0.4, 0.5) is 0 Å². The number of benzene rings is 1. The Bertz CT molecular complexity index is 698. The van der Waals surface area contributed by atoms with Gasteiger partial charge in [-0.3, -0.25) is 0 Å². The lowest BCUT2D eigenvalue weighted by molar-refractivity contribution is 0.335. The van der Waals surface area contributed by atoms with Gasteiger partial charge in [-0.1, -0.05) is 0 Å². The van der Waals surface area contributed by atoms with Crippen molar-refractivity contribution in [1.29, 1.82) is 0 Å². The van der Waals surface area contributed by atoms with Gasteiger partial charge in [0.2, 0.25) is 0 Å². The molecule has 5 nitrogen and oxygen atoms in total. The molecular formula is C13H19ClO5S2. The maximum atomic E-state index is 11.7. The summed E-state index contributed by atoms with van der Waals surface area (Å²) < 4.78 is 51.5. The van der Waals surface area contributed by atoms with E-state index in [9.17, 15) is 16.8 Å². The molecule has 1 aromatic carbocycles. The van der Waals surface area contributed by atoms with Crippen molar-refractivity contribution in [2.24, 2.45) is 0 Å². The Morgan fingerprint density at radius 3 is 1.95 bits per heavy atom. The minimum Gasteiger partial charge on any atom is -0.492 e. The van der Waals surface area contributed by atoms with E-state index in [0.29, 0.717) is 16.9 Å². The van der Waals surface area contributed by atoms with Gasteiger partial charge in [0.1, 0.15) is 12.4 Å². The van der Waals surface area contributed by atoms with Gasteiger partial charge in [0.05, 0.1) is 15.9 Å². The highest BCUT2D eigenvalue weighted by Crippen LogP contribution is 2.28. The summed E-state index contributed by atoms with van der Waals surface area (Å²) in [6.07, 6.45) is 0. The van der Waals surface area contributed by atoms with Crippen LogP contribution in [0.2, 0.25) is 0 Å². The number of hydrogen-bond acceptors (Lipinski definition) is 5. The third kappa shape index (κ3) is 4.86. The summed E-state index contributed by atoms with van der Waals surface area (Å²) in [5.41, 5.74) is 1.19. The second-order valence-corrected chi connectivity index (χ2v) is 10.3. The summed E-state index contributed by atoms with van der Waals surface area (Å²) in [6, 6.07) is 2.81. The highest BCUT2D eigenvalue weighted by atomic mass is 35.7. The van der Waals surface area contributed by atoms with Crippen molar-refractivity contribution in [2.45, 2.75) is 37.8 Å². The Balaban J connectivity index is 2.92. The Kier molecular flexibility index (Phi) is 5.69. The molecule has 0 amide bonds. The molecule has 0 heterocycles. The van der Waals surface area contributed by atoms with E-state index in [1.165, 1.54) is 12.1 Å². The van der Waals surface area contributed by atoms with E-state index in [-0.39, 0.29) is 17.3 Å². The monoisotopic (exact) mass is 354 g/mol. The molecule has 120 valence electrons. The Hall–Kier alpha value is -0.790. The zero-order valence-corrected chi connectivity index (χ0v) is 14.8. The van der Waals surface area contributed by atoms with Gasteiger partial charge in [-0.05, 0) is 51.0 Å². The Morgan fingerprint density at radius 1 is 1.10 bits per heavy atom. The van der Waals surface area contributed by atoms with Crippen molar-refractivity contribution in [3.8, 4) is 5.75 Å². The fourth-order valence-electron chi connectivity index (χ4n) is 1.77. The van der Waals surface area contributed by atoms with Gasteiger partial charge in [-0.2, -0.15) is 0 Å². The summed E-state index contributed by atoms with van der Waals surface area (Å²) in [6.45, 7) is 6.63. The first-order chi connectivity index (χ1) is 9.45. The molecule has 8 heteroatoms. The molecule has 0 saturated carbocycles. The quantitative estimate of drug-likeness (QED) is 0.733. The average molecular weight is 355 g/mol. The molecule has 0 atom stereocenters. The summed E-state index contributed by atoms with van der Waals surface area (Å²) in [5.74, 6) is 0.400. The molecule has 1 rings (SSSR count). The third-order valence-corrected chi connectivity index (χ3v) is 6.55. The van der Waals surface area contributed by atoms with E-state index in [0.717, 1.165) is 0 Å². The summed E-state index contributed by atoms with van der Waals surface area (Å²) in [4.78, 5) is 0.00122. The minimum absolute atomic E-state index is 0.00122. The minimum atomic E-state index is -3.80. The summed E-state index contributed by atoms with van der Waals surface area (Å²) in [7, 11) is -1.66. The van der Waals surface area contributed by atoms with Crippen molar-refractivity contribution < 1.29 is 21.6 Å². The predicted molar refractivity (Wildman–Crippen MR) is 83.4 cm³/mol. The molecule has 0 N–H and O–H groups in total. The SMILES string of the molecule is Cc1cc(S(=O)(=O)Cl)cc(C)c1OCCS(=O)(=O)C(C)C. The van der Waals surface area contributed by atoms with Gasteiger partial charge in [0.15, 0.2) is 9.84 Å². The third-order valence-electron chi connectivity index (χ3n) is 3.05. The van der Waals surface area contributed by atoms with Crippen LogP contribution in [-0.4, -0.2) is 34.4 Å². The molecule has 0 aliphatic rings. The first-order valence-corrected chi connectivity index (χ1v) is 10.4. The zero-order chi connectivity index (χ0) is 16.4. The van der Waals surface area contributed by atoms with Crippen LogP contribution in [0.15, 0.2) is 17.0 Å². The molecule has 0 saturated heterocycles. The van der Waals surface area contributed by atoms with Crippen LogP contribution < -0.4 is 4.74 Å². The molecule has 1 aromatic rings. The molecule has 0 bridgehead atoms. The largest absolute Gasteiger partial charge is 0.492 e. The van der Waals surface area contributed by atoms with Crippen molar-refractivity contribution in [3.05, 3.63) is 23.3 Å². The smallest absolute Gasteiger partial charge is 0.261 e. The van der Waals surface area contributed by atoms with Crippen LogP contribution in [0.3, 0.4) is 0 Å². The van der Waals surface area contributed by atoms with Crippen molar-refractivity contribution in [3.63, 3.8) is 0 Å². The topological polar surface area (TPSA) is 77.5 Å². The second kappa shape index (κ2) is 6.54. The second-order valence-electron chi connectivity index (χ2n) is 5.09. The molecule has 0 fully saturated rings. The number of sulfone groups is 1. The number of aryl methyl sites for hydroxylation is 2. The molecule has 0 aliphatic heterocycles. The molecule has 0 unspecified atom stereocenters. The van der Waals surface area contributed by atoms with E-state index in [1.54, 1.807) is 27.7 Å². The number of ether oxygens (including phenoxy) is 1. The number of halogens is 1. The first kappa shape index (κ1) is 18.3. The maximum Gasteiger partial charge on any atom is 0.261 e. The lowest BCUT2D eigenvalue weighted by atomic mass is 10.1. The molecule has 0 aliphatic carbocycles. The average Bonchev–Trinajstić information content (AvgIpc) is 2.30. The molecule has 21 heavy (non-hydrogen) atoms. The van der Waals surface area contributed by atoms with E-state index in [2.05, 4.69) is 0 Å². The van der Waals surface area contributed by atoms with E-state index in [4.69, 9.17) is 15.4 Å². The van der Waals surface area contributed by atoms with Gasteiger partial charge in [-0.25, -0.2) is 16.8 Å².